The fourth-order valence-electron chi connectivity index (χ4n) is 3.84. The molecule has 0 N–H and O–H groups in total. The molecule has 0 aromatic rings. The van der Waals surface area contributed by atoms with Gasteiger partial charge in [0.25, 0.3) is 0 Å². The molecular weight excluding hydrogens is 264 g/mol. The quantitative estimate of drug-likeness (QED) is 0.654. The van der Waals surface area contributed by atoms with Crippen LogP contribution in [0, 0.1) is 23.7 Å². The van der Waals surface area contributed by atoms with Crippen LogP contribution in [0.25, 0.3) is 0 Å². The first-order valence-electron chi connectivity index (χ1n) is 8.80. The lowest BCUT2D eigenvalue weighted by molar-refractivity contribution is 0.180. The summed E-state index contributed by atoms with van der Waals surface area (Å²) in [5, 5.41) is 2.65. The minimum atomic E-state index is 0.654. The van der Waals surface area contributed by atoms with Crippen LogP contribution in [-0.4, -0.2) is 30.1 Å². The van der Waals surface area contributed by atoms with Gasteiger partial charge in [0, 0.05) is 13.2 Å². The molecule has 0 aromatic carbocycles. The molecule has 2 heterocycles. The molecule has 3 aliphatic rings. The Hall–Kier alpha value is 0.180. The van der Waals surface area contributed by atoms with Crippen molar-refractivity contribution in [3.05, 3.63) is 0 Å². The zero-order chi connectivity index (χ0) is 14.4. The molecule has 1 saturated carbocycles. The number of fused-ring (bicyclic) bond motifs is 1. The van der Waals surface area contributed by atoms with Gasteiger partial charge in [-0.25, -0.2) is 0 Å². The van der Waals surface area contributed by atoms with Gasteiger partial charge in [-0.2, -0.15) is 10.5 Å². The minimum Gasteiger partial charge on any atom is -0.381 e. The summed E-state index contributed by atoms with van der Waals surface area (Å²) in [7, 11) is 0.654. The molecule has 2 heteroatoms. The predicted octanol–water partition coefficient (Wildman–Crippen LogP) is 4.97. The second-order valence-electron chi connectivity index (χ2n) is 7.16. The van der Waals surface area contributed by atoms with Crippen LogP contribution in [0.2, 0.25) is 0 Å². The summed E-state index contributed by atoms with van der Waals surface area (Å²) in [6.07, 6.45) is 8.47. The summed E-state index contributed by atoms with van der Waals surface area (Å²) in [6, 6.07) is 0. The number of rotatable bonds is 2. The van der Waals surface area contributed by atoms with Gasteiger partial charge in [-0.1, -0.05) is 32.6 Å². The van der Waals surface area contributed by atoms with E-state index in [2.05, 4.69) is 26.1 Å². The van der Waals surface area contributed by atoms with Gasteiger partial charge >= 0.3 is 0 Å². The zero-order valence-corrected chi connectivity index (χ0v) is 14.6. The van der Waals surface area contributed by atoms with E-state index in [1.165, 1.54) is 50.0 Å². The van der Waals surface area contributed by atoms with Crippen molar-refractivity contribution in [2.24, 2.45) is 23.7 Å². The van der Waals surface area contributed by atoms with Crippen molar-refractivity contribution in [1.82, 2.24) is 0 Å². The van der Waals surface area contributed by atoms with E-state index in [-0.39, 0.29) is 0 Å². The summed E-state index contributed by atoms with van der Waals surface area (Å²) >= 11 is 0. The van der Waals surface area contributed by atoms with Crippen LogP contribution < -0.4 is 0 Å². The van der Waals surface area contributed by atoms with Crippen molar-refractivity contribution >= 4 is 15.9 Å². The Bertz CT molecular complexity index is 313. The van der Waals surface area contributed by atoms with Crippen molar-refractivity contribution in [2.45, 2.75) is 59.3 Å². The van der Waals surface area contributed by atoms with E-state index in [0.29, 0.717) is 10.5 Å². The fraction of sp³-hybridized carbons (Fsp3) is 0.944. The number of hydrogen-bond donors (Lipinski definition) is 0. The van der Waals surface area contributed by atoms with Gasteiger partial charge in [-0.15, -0.1) is 0 Å². The highest BCUT2D eigenvalue weighted by molar-refractivity contribution is 8.15. The van der Waals surface area contributed by atoms with Gasteiger partial charge < -0.3 is 4.74 Å². The predicted molar refractivity (Wildman–Crippen MR) is 92.9 cm³/mol. The minimum absolute atomic E-state index is 0.654. The average molecular weight is 299 g/mol. The van der Waals surface area contributed by atoms with Crippen molar-refractivity contribution in [2.75, 3.05) is 24.7 Å². The van der Waals surface area contributed by atoms with Crippen LogP contribution in [0.4, 0.5) is 0 Å². The third kappa shape index (κ3) is 4.87. The lowest BCUT2D eigenvalue weighted by atomic mass is 9.77. The standard InChI is InChI=1S/C15H26OS.C3H8/c1-12-3-2-6-17(10-12)11-13-4-5-14-8-16-9-15(14)7-13;1-3-2/h6,12-15H,2-5,7-11H2,1H3;3H2,1-2H3/t12?,13?,14-,15+,17?;/m0./s1. The maximum absolute atomic E-state index is 5.64. The van der Waals surface area contributed by atoms with Crippen LogP contribution in [-0.2, 0) is 4.74 Å². The van der Waals surface area contributed by atoms with Gasteiger partial charge in [-0.05, 0) is 67.3 Å². The number of ether oxygens (including phenoxy) is 1. The normalized spacial score (nSPS) is 40.2. The van der Waals surface area contributed by atoms with Crippen LogP contribution >= 0.6 is 10.5 Å². The van der Waals surface area contributed by atoms with Gasteiger partial charge in [0.1, 0.15) is 0 Å². The molecule has 5 atom stereocenters. The van der Waals surface area contributed by atoms with Crippen LogP contribution in [0.5, 0.6) is 0 Å². The first-order chi connectivity index (χ1) is 9.72. The van der Waals surface area contributed by atoms with Crippen molar-refractivity contribution in [3.63, 3.8) is 0 Å². The monoisotopic (exact) mass is 298 g/mol. The third-order valence-electron chi connectivity index (χ3n) is 4.87. The Kier molecular flexibility index (Phi) is 7.10. The Balaban J connectivity index is 0.000000452. The summed E-state index contributed by atoms with van der Waals surface area (Å²) in [4.78, 5) is 0. The highest BCUT2D eigenvalue weighted by Crippen LogP contribution is 2.40. The highest BCUT2D eigenvalue weighted by atomic mass is 32.2. The molecule has 1 nitrogen and oxygen atoms in total. The maximum Gasteiger partial charge on any atom is 0.0498 e. The lowest BCUT2D eigenvalue weighted by Crippen LogP contribution is -2.25. The van der Waals surface area contributed by atoms with Crippen molar-refractivity contribution in [3.8, 4) is 0 Å². The molecule has 0 aromatic heterocycles. The largest absolute Gasteiger partial charge is 0.381 e. The average Bonchev–Trinajstić information content (AvgIpc) is 2.87. The lowest BCUT2D eigenvalue weighted by Gasteiger charge is -2.32. The molecule has 0 spiro atoms. The first-order valence-corrected chi connectivity index (χ1v) is 10.4. The van der Waals surface area contributed by atoms with Gasteiger partial charge in [-0.3, -0.25) is 0 Å². The van der Waals surface area contributed by atoms with E-state index in [1.54, 1.807) is 0 Å². The highest BCUT2D eigenvalue weighted by Gasteiger charge is 2.34. The van der Waals surface area contributed by atoms with Gasteiger partial charge in [0.05, 0.1) is 0 Å². The van der Waals surface area contributed by atoms with E-state index < -0.39 is 0 Å². The molecule has 1 aliphatic carbocycles. The molecule has 3 rings (SSSR count). The summed E-state index contributed by atoms with van der Waals surface area (Å²) in [6.45, 7) is 8.82. The molecule has 3 unspecified atom stereocenters. The zero-order valence-electron chi connectivity index (χ0n) is 13.8. The summed E-state index contributed by atoms with van der Waals surface area (Å²) < 4.78 is 5.64. The second kappa shape index (κ2) is 8.58. The van der Waals surface area contributed by atoms with Crippen LogP contribution in [0.1, 0.15) is 59.3 Å². The molecule has 0 radical (unpaired) electrons. The molecule has 0 bridgehead atoms. The molecule has 118 valence electrons. The van der Waals surface area contributed by atoms with Gasteiger partial charge in [0.2, 0.25) is 0 Å². The SMILES string of the molecule is CC1CCC=S(CC2CC[C@H]3COC[C@H]3C2)C1.CCC. The molecule has 20 heavy (non-hydrogen) atoms. The summed E-state index contributed by atoms with van der Waals surface area (Å²) in [5.41, 5.74) is 0. The van der Waals surface area contributed by atoms with E-state index in [0.717, 1.165) is 36.9 Å². The Labute approximate surface area is 128 Å². The van der Waals surface area contributed by atoms with Crippen LogP contribution in [0.15, 0.2) is 0 Å². The molecule has 2 fully saturated rings. The maximum atomic E-state index is 5.64. The van der Waals surface area contributed by atoms with E-state index in [4.69, 9.17) is 4.74 Å². The Morgan fingerprint density at radius 3 is 2.60 bits per heavy atom. The van der Waals surface area contributed by atoms with E-state index >= 15 is 0 Å². The van der Waals surface area contributed by atoms with Crippen LogP contribution in [0.3, 0.4) is 0 Å². The summed E-state index contributed by atoms with van der Waals surface area (Å²) in [5.74, 6) is 6.83. The smallest absolute Gasteiger partial charge is 0.0498 e. The number of hydrogen-bond acceptors (Lipinski definition) is 1. The van der Waals surface area contributed by atoms with E-state index in [9.17, 15) is 0 Å². The molecular formula is C18H34OS. The molecule has 1 saturated heterocycles. The third-order valence-corrected chi connectivity index (χ3v) is 7.48. The topological polar surface area (TPSA) is 9.23 Å². The van der Waals surface area contributed by atoms with Crippen molar-refractivity contribution < 1.29 is 4.74 Å². The fourth-order valence-corrected chi connectivity index (χ4v) is 6.53. The van der Waals surface area contributed by atoms with Gasteiger partial charge in [0.15, 0.2) is 0 Å². The first kappa shape index (κ1) is 16.5. The molecule has 2 aliphatic heterocycles. The Morgan fingerprint density at radius 2 is 1.85 bits per heavy atom. The van der Waals surface area contributed by atoms with E-state index in [1.807, 2.05) is 0 Å². The second-order valence-corrected chi connectivity index (χ2v) is 9.24. The Morgan fingerprint density at radius 1 is 1.10 bits per heavy atom. The molecule has 0 amide bonds. The van der Waals surface area contributed by atoms with Crippen molar-refractivity contribution in [1.29, 1.82) is 0 Å².